The van der Waals surface area contributed by atoms with Gasteiger partial charge in [0.15, 0.2) is 5.13 Å². The van der Waals surface area contributed by atoms with Gasteiger partial charge in [-0.25, -0.2) is 4.98 Å². The second-order valence-corrected chi connectivity index (χ2v) is 5.50. The van der Waals surface area contributed by atoms with Crippen LogP contribution in [0, 0.1) is 6.92 Å². The van der Waals surface area contributed by atoms with Crippen LogP contribution in [0.5, 0.6) is 0 Å². The quantitative estimate of drug-likeness (QED) is 0.797. The molecule has 2 N–H and O–H groups in total. The van der Waals surface area contributed by atoms with Gasteiger partial charge in [-0.1, -0.05) is 25.5 Å². The highest BCUT2D eigenvalue weighted by Gasteiger charge is 2.10. The Labute approximate surface area is 123 Å². The highest BCUT2D eigenvalue weighted by molar-refractivity contribution is 7.14. The lowest BCUT2D eigenvalue weighted by Gasteiger charge is -2.03. The molecule has 2 aromatic rings. The predicted molar refractivity (Wildman–Crippen MR) is 83.8 cm³/mol. The van der Waals surface area contributed by atoms with E-state index < -0.39 is 0 Å². The highest BCUT2D eigenvalue weighted by Crippen LogP contribution is 2.21. The van der Waals surface area contributed by atoms with Gasteiger partial charge in [0.05, 0.1) is 0 Å². The van der Waals surface area contributed by atoms with Crippen LogP contribution in [0.1, 0.15) is 35.8 Å². The minimum Gasteiger partial charge on any atom is -0.351 e. The molecule has 0 atom stereocenters. The lowest BCUT2D eigenvalue weighted by Crippen LogP contribution is -2.24. The summed E-state index contributed by atoms with van der Waals surface area (Å²) in [6.45, 7) is 4.84. The molecule has 0 saturated heterocycles. The normalized spacial score (nSPS) is 10.3. The third kappa shape index (κ3) is 4.06. The number of thiazole rings is 1. The second kappa shape index (κ2) is 7.05. The fraction of sp³-hybridized carbons (Fsp3) is 0.333. The largest absolute Gasteiger partial charge is 0.351 e. The maximum Gasteiger partial charge on any atom is 0.270 e. The molecule has 0 saturated carbocycles. The summed E-state index contributed by atoms with van der Waals surface area (Å²) in [6, 6.07) is 8.06. The van der Waals surface area contributed by atoms with E-state index in [1.165, 1.54) is 16.9 Å². The lowest BCUT2D eigenvalue weighted by molar-refractivity contribution is 0.0949. The molecule has 0 aliphatic carbocycles. The molecule has 0 fully saturated rings. The lowest BCUT2D eigenvalue weighted by atomic mass is 10.2. The fourth-order valence-corrected chi connectivity index (χ4v) is 2.46. The molecule has 1 amide bonds. The van der Waals surface area contributed by atoms with Crippen molar-refractivity contribution in [3.63, 3.8) is 0 Å². The maximum atomic E-state index is 11.8. The number of aromatic nitrogens is 1. The SMILES string of the molecule is CCCCNC(=O)c1csc(Nc2cccc(C)c2)n1. The summed E-state index contributed by atoms with van der Waals surface area (Å²) >= 11 is 1.43. The molecule has 1 aromatic heterocycles. The van der Waals surface area contributed by atoms with Crippen LogP contribution in [0.15, 0.2) is 29.6 Å². The van der Waals surface area contributed by atoms with E-state index in [1.54, 1.807) is 5.38 Å². The van der Waals surface area contributed by atoms with E-state index in [2.05, 4.69) is 22.5 Å². The smallest absolute Gasteiger partial charge is 0.270 e. The zero-order valence-corrected chi connectivity index (χ0v) is 12.6. The van der Waals surface area contributed by atoms with Crippen molar-refractivity contribution in [2.45, 2.75) is 26.7 Å². The van der Waals surface area contributed by atoms with Gasteiger partial charge in [-0.05, 0) is 31.0 Å². The first-order valence-corrected chi connectivity index (χ1v) is 7.64. The number of carbonyl (C=O) groups excluding carboxylic acids is 1. The number of anilines is 2. The van der Waals surface area contributed by atoms with Crippen LogP contribution in [0.2, 0.25) is 0 Å². The average Bonchev–Trinajstić information content (AvgIpc) is 2.87. The number of rotatable bonds is 6. The molecule has 0 unspecified atom stereocenters. The van der Waals surface area contributed by atoms with Crippen LogP contribution < -0.4 is 10.6 Å². The first kappa shape index (κ1) is 14.5. The van der Waals surface area contributed by atoms with E-state index in [9.17, 15) is 4.79 Å². The first-order chi connectivity index (χ1) is 9.69. The Morgan fingerprint density at radius 1 is 1.40 bits per heavy atom. The van der Waals surface area contributed by atoms with Gasteiger partial charge < -0.3 is 10.6 Å². The summed E-state index contributed by atoms with van der Waals surface area (Å²) in [4.78, 5) is 16.2. The molecule has 106 valence electrons. The summed E-state index contributed by atoms with van der Waals surface area (Å²) in [7, 11) is 0. The van der Waals surface area contributed by atoms with E-state index in [0.29, 0.717) is 12.2 Å². The highest BCUT2D eigenvalue weighted by atomic mass is 32.1. The van der Waals surface area contributed by atoms with Gasteiger partial charge in [0, 0.05) is 17.6 Å². The van der Waals surface area contributed by atoms with Crippen LogP contribution in [0.25, 0.3) is 0 Å². The van der Waals surface area contributed by atoms with Gasteiger partial charge in [-0.3, -0.25) is 4.79 Å². The van der Waals surface area contributed by atoms with Gasteiger partial charge in [0.2, 0.25) is 0 Å². The third-order valence-electron chi connectivity index (χ3n) is 2.82. The van der Waals surface area contributed by atoms with Crippen LogP contribution in [-0.4, -0.2) is 17.4 Å². The monoisotopic (exact) mass is 289 g/mol. The Morgan fingerprint density at radius 2 is 2.25 bits per heavy atom. The Balaban J connectivity index is 1.96. The molecular weight excluding hydrogens is 270 g/mol. The van der Waals surface area contributed by atoms with Crippen molar-refractivity contribution in [1.82, 2.24) is 10.3 Å². The van der Waals surface area contributed by atoms with Crippen LogP contribution in [-0.2, 0) is 0 Å². The van der Waals surface area contributed by atoms with Crippen LogP contribution in [0.4, 0.5) is 10.8 Å². The van der Waals surface area contributed by atoms with E-state index in [4.69, 9.17) is 0 Å². The fourth-order valence-electron chi connectivity index (χ4n) is 1.75. The van der Waals surface area contributed by atoms with Crippen molar-refractivity contribution in [2.24, 2.45) is 0 Å². The Bertz CT molecular complexity index is 580. The molecule has 5 heteroatoms. The number of unbranched alkanes of at least 4 members (excludes halogenated alkanes) is 1. The third-order valence-corrected chi connectivity index (χ3v) is 3.58. The van der Waals surface area contributed by atoms with Crippen molar-refractivity contribution in [1.29, 1.82) is 0 Å². The zero-order valence-electron chi connectivity index (χ0n) is 11.8. The Hall–Kier alpha value is -1.88. The predicted octanol–water partition coefficient (Wildman–Crippen LogP) is 3.73. The molecule has 2 rings (SSSR count). The second-order valence-electron chi connectivity index (χ2n) is 4.64. The molecule has 0 bridgehead atoms. The van der Waals surface area contributed by atoms with Gasteiger partial charge >= 0.3 is 0 Å². The Kier molecular flexibility index (Phi) is 5.12. The van der Waals surface area contributed by atoms with Crippen molar-refractivity contribution < 1.29 is 4.79 Å². The number of carbonyl (C=O) groups is 1. The summed E-state index contributed by atoms with van der Waals surface area (Å²) in [5.74, 6) is -0.105. The molecule has 0 radical (unpaired) electrons. The summed E-state index contributed by atoms with van der Waals surface area (Å²) in [5, 5.41) is 8.59. The van der Waals surface area contributed by atoms with E-state index in [-0.39, 0.29) is 5.91 Å². The number of nitrogens with zero attached hydrogens (tertiary/aromatic N) is 1. The van der Waals surface area contributed by atoms with Crippen molar-refractivity contribution in [3.05, 3.63) is 40.9 Å². The standard InChI is InChI=1S/C15H19N3OS/c1-3-4-8-16-14(19)13-10-20-15(18-13)17-12-7-5-6-11(2)9-12/h5-7,9-10H,3-4,8H2,1-2H3,(H,16,19)(H,17,18). The molecule has 0 spiro atoms. The number of hydrogen-bond acceptors (Lipinski definition) is 4. The topological polar surface area (TPSA) is 54.0 Å². The molecule has 0 aliphatic rings. The summed E-state index contributed by atoms with van der Waals surface area (Å²) < 4.78 is 0. The Morgan fingerprint density at radius 3 is 3.00 bits per heavy atom. The zero-order chi connectivity index (χ0) is 14.4. The minimum absolute atomic E-state index is 0.105. The van der Waals surface area contributed by atoms with E-state index in [1.807, 2.05) is 31.2 Å². The van der Waals surface area contributed by atoms with Gasteiger partial charge in [0.1, 0.15) is 5.69 Å². The first-order valence-electron chi connectivity index (χ1n) is 6.76. The molecule has 1 aromatic carbocycles. The number of amides is 1. The average molecular weight is 289 g/mol. The van der Waals surface area contributed by atoms with Crippen LogP contribution >= 0.6 is 11.3 Å². The van der Waals surface area contributed by atoms with Crippen molar-refractivity contribution in [2.75, 3.05) is 11.9 Å². The van der Waals surface area contributed by atoms with E-state index >= 15 is 0 Å². The van der Waals surface area contributed by atoms with Crippen LogP contribution in [0.3, 0.4) is 0 Å². The molecule has 20 heavy (non-hydrogen) atoms. The summed E-state index contributed by atoms with van der Waals surface area (Å²) in [5.41, 5.74) is 2.64. The maximum absolute atomic E-state index is 11.8. The van der Waals surface area contributed by atoms with E-state index in [0.717, 1.165) is 23.7 Å². The minimum atomic E-state index is -0.105. The number of nitrogens with one attached hydrogen (secondary N) is 2. The van der Waals surface area contributed by atoms with Crippen molar-refractivity contribution >= 4 is 28.1 Å². The molecular formula is C15H19N3OS. The summed E-state index contributed by atoms with van der Waals surface area (Å²) in [6.07, 6.45) is 2.06. The van der Waals surface area contributed by atoms with Gasteiger partial charge in [-0.2, -0.15) is 0 Å². The molecule has 4 nitrogen and oxygen atoms in total. The number of benzene rings is 1. The number of aryl methyl sites for hydroxylation is 1. The molecule has 1 heterocycles. The number of hydrogen-bond donors (Lipinski definition) is 2. The van der Waals surface area contributed by atoms with Gasteiger partial charge in [-0.15, -0.1) is 11.3 Å². The molecule has 0 aliphatic heterocycles. The van der Waals surface area contributed by atoms with Gasteiger partial charge in [0.25, 0.3) is 5.91 Å². The van der Waals surface area contributed by atoms with Crippen molar-refractivity contribution in [3.8, 4) is 0 Å².